The van der Waals surface area contributed by atoms with Crippen molar-refractivity contribution in [3.05, 3.63) is 70.2 Å². The van der Waals surface area contributed by atoms with Gasteiger partial charge < -0.3 is 10.7 Å². The van der Waals surface area contributed by atoms with Crippen LogP contribution in [-0.2, 0) is 4.79 Å². The van der Waals surface area contributed by atoms with Crippen LogP contribution in [0, 0.1) is 12.7 Å². The van der Waals surface area contributed by atoms with Crippen LogP contribution >= 0.6 is 27.7 Å². The van der Waals surface area contributed by atoms with E-state index < -0.39 is 11.1 Å². The standard InChI is InChI=1S/C18H15BrFN5OS/c1-10-22-23-18-25(10)24-15(11-5-3-2-4-6-11)16(27-18)17(26)21-14-8-7-12(19)9-13(14)20/h2-9,15-16,24H,1H3,(H,21,26)/t15-,16-/m1/s1. The minimum absolute atomic E-state index is 0.138. The van der Waals surface area contributed by atoms with Crippen LogP contribution in [-0.4, -0.2) is 26.0 Å². The molecule has 0 saturated heterocycles. The molecule has 2 aromatic carbocycles. The van der Waals surface area contributed by atoms with Gasteiger partial charge in [0.1, 0.15) is 16.9 Å². The normalized spacial score (nSPS) is 18.5. The zero-order valence-electron chi connectivity index (χ0n) is 14.2. The Hall–Kier alpha value is -2.39. The lowest BCUT2D eigenvalue weighted by Crippen LogP contribution is -2.41. The molecule has 138 valence electrons. The predicted octanol–water partition coefficient (Wildman–Crippen LogP) is 3.89. The summed E-state index contributed by atoms with van der Waals surface area (Å²) >= 11 is 4.52. The summed E-state index contributed by atoms with van der Waals surface area (Å²) in [5.41, 5.74) is 4.39. The quantitative estimate of drug-likeness (QED) is 0.637. The van der Waals surface area contributed by atoms with Gasteiger partial charge in [-0.25, -0.2) is 9.07 Å². The average molecular weight is 448 g/mol. The second-order valence-electron chi connectivity index (χ2n) is 6.03. The minimum atomic E-state index is -0.549. The van der Waals surface area contributed by atoms with Gasteiger partial charge in [0.2, 0.25) is 11.1 Å². The van der Waals surface area contributed by atoms with Crippen molar-refractivity contribution in [1.82, 2.24) is 14.9 Å². The maximum atomic E-state index is 14.1. The smallest absolute Gasteiger partial charge is 0.240 e. The van der Waals surface area contributed by atoms with E-state index in [-0.39, 0.29) is 17.6 Å². The Kier molecular flexibility index (Phi) is 4.88. The largest absolute Gasteiger partial charge is 0.323 e. The number of anilines is 1. The van der Waals surface area contributed by atoms with E-state index in [0.29, 0.717) is 15.5 Å². The molecule has 4 rings (SSSR count). The first-order chi connectivity index (χ1) is 13.0. The van der Waals surface area contributed by atoms with E-state index in [9.17, 15) is 9.18 Å². The number of nitrogens with zero attached hydrogens (tertiary/aromatic N) is 3. The summed E-state index contributed by atoms with van der Waals surface area (Å²) in [6.07, 6.45) is 0. The second kappa shape index (κ2) is 7.32. The highest BCUT2D eigenvalue weighted by Gasteiger charge is 2.37. The summed E-state index contributed by atoms with van der Waals surface area (Å²) in [4.78, 5) is 13.0. The van der Waals surface area contributed by atoms with Crippen molar-refractivity contribution < 1.29 is 9.18 Å². The number of carbonyl (C=O) groups is 1. The van der Waals surface area contributed by atoms with Crippen LogP contribution in [0.3, 0.4) is 0 Å². The van der Waals surface area contributed by atoms with Crippen molar-refractivity contribution in [3.8, 4) is 0 Å². The molecule has 1 aliphatic rings. The van der Waals surface area contributed by atoms with Gasteiger partial charge in [-0.15, -0.1) is 10.2 Å². The molecule has 1 aromatic heterocycles. The lowest BCUT2D eigenvalue weighted by Gasteiger charge is -2.32. The summed E-state index contributed by atoms with van der Waals surface area (Å²) in [7, 11) is 0. The fourth-order valence-electron chi connectivity index (χ4n) is 2.87. The zero-order chi connectivity index (χ0) is 19.0. The predicted molar refractivity (Wildman–Crippen MR) is 106 cm³/mol. The van der Waals surface area contributed by atoms with Crippen molar-refractivity contribution in [2.75, 3.05) is 10.7 Å². The summed E-state index contributed by atoms with van der Waals surface area (Å²) in [5.74, 6) is -0.104. The van der Waals surface area contributed by atoms with Crippen molar-refractivity contribution in [2.24, 2.45) is 0 Å². The number of fused-ring (bicyclic) bond motifs is 1. The first-order valence-corrected chi connectivity index (χ1v) is 9.86. The molecule has 27 heavy (non-hydrogen) atoms. The van der Waals surface area contributed by atoms with Crippen LogP contribution in [0.5, 0.6) is 0 Å². The molecule has 2 heterocycles. The molecule has 2 atom stereocenters. The lowest BCUT2D eigenvalue weighted by molar-refractivity contribution is -0.116. The van der Waals surface area contributed by atoms with Crippen molar-refractivity contribution >= 4 is 39.3 Å². The monoisotopic (exact) mass is 447 g/mol. The van der Waals surface area contributed by atoms with E-state index >= 15 is 0 Å². The molecule has 2 N–H and O–H groups in total. The van der Waals surface area contributed by atoms with Gasteiger partial charge in [0.15, 0.2) is 0 Å². The van der Waals surface area contributed by atoms with Crippen LogP contribution in [0.4, 0.5) is 10.1 Å². The molecule has 0 unspecified atom stereocenters. The second-order valence-corrected chi connectivity index (χ2v) is 8.06. The minimum Gasteiger partial charge on any atom is -0.323 e. The van der Waals surface area contributed by atoms with E-state index in [1.54, 1.807) is 10.7 Å². The Morgan fingerprint density at radius 2 is 2.04 bits per heavy atom. The number of rotatable bonds is 3. The number of aryl methyl sites for hydroxylation is 1. The van der Waals surface area contributed by atoms with Crippen molar-refractivity contribution in [3.63, 3.8) is 0 Å². The van der Waals surface area contributed by atoms with Crippen molar-refractivity contribution in [1.29, 1.82) is 0 Å². The number of nitrogens with one attached hydrogen (secondary N) is 2. The van der Waals surface area contributed by atoms with Gasteiger partial charge in [0.25, 0.3) is 0 Å². The van der Waals surface area contributed by atoms with Crippen LogP contribution < -0.4 is 10.7 Å². The zero-order valence-corrected chi connectivity index (χ0v) is 16.6. The topological polar surface area (TPSA) is 71.8 Å². The number of benzene rings is 2. The van der Waals surface area contributed by atoms with Gasteiger partial charge in [-0.1, -0.05) is 58.0 Å². The number of aromatic nitrogens is 3. The number of thioether (sulfide) groups is 1. The summed E-state index contributed by atoms with van der Waals surface area (Å²) < 4.78 is 16.5. The Morgan fingerprint density at radius 1 is 1.26 bits per heavy atom. The molecule has 9 heteroatoms. The molecule has 1 aliphatic heterocycles. The molecule has 0 spiro atoms. The van der Waals surface area contributed by atoms with Crippen LogP contribution in [0.2, 0.25) is 0 Å². The molecule has 0 fully saturated rings. The third kappa shape index (κ3) is 3.57. The Labute approximate surface area is 167 Å². The third-order valence-electron chi connectivity index (χ3n) is 4.20. The van der Waals surface area contributed by atoms with Gasteiger partial charge in [-0.3, -0.25) is 4.79 Å². The van der Waals surface area contributed by atoms with Gasteiger partial charge in [0.05, 0.1) is 11.7 Å². The molecular formula is C18H15BrFN5OS. The van der Waals surface area contributed by atoms with E-state index in [1.165, 1.54) is 23.9 Å². The van der Waals surface area contributed by atoms with Crippen LogP contribution in [0.15, 0.2) is 58.2 Å². The number of halogens is 2. The van der Waals surface area contributed by atoms with E-state index in [2.05, 4.69) is 36.9 Å². The van der Waals surface area contributed by atoms with Gasteiger partial charge in [-0.05, 0) is 30.7 Å². The molecule has 0 radical (unpaired) electrons. The van der Waals surface area contributed by atoms with Crippen LogP contribution in [0.1, 0.15) is 17.4 Å². The van der Waals surface area contributed by atoms with Crippen molar-refractivity contribution in [2.45, 2.75) is 23.4 Å². The first-order valence-electron chi connectivity index (χ1n) is 8.19. The number of hydrogen-bond donors (Lipinski definition) is 2. The first kappa shape index (κ1) is 18.0. The van der Waals surface area contributed by atoms with E-state index in [0.717, 1.165) is 5.56 Å². The highest BCUT2D eigenvalue weighted by Crippen LogP contribution is 2.37. The highest BCUT2D eigenvalue weighted by atomic mass is 79.9. The average Bonchev–Trinajstić information content (AvgIpc) is 3.04. The number of hydrogen-bond acceptors (Lipinski definition) is 5. The molecule has 6 nitrogen and oxygen atoms in total. The van der Waals surface area contributed by atoms with Gasteiger partial charge in [0, 0.05) is 4.47 Å². The van der Waals surface area contributed by atoms with E-state index in [4.69, 9.17) is 0 Å². The third-order valence-corrected chi connectivity index (χ3v) is 5.91. The SMILES string of the molecule is Cc1nnc2n1N[C@H](c1ccccc1)[C@H](C(=O)Nc1ccc(Br)cc1F)S2. The molecular weight excluding hydrogens is 433 g/mol. The number of carbonyl (C=O) groups excluding carboxylic acids is 1. The Balaban J connectivity index is 1.66. The maximum absolute atomic E-state index is 14.1. The summed E-state index contributed by atoms with van der Waals surface area (Å²) in [6.45, 7) is 1.84. The molecule has 3 aromatic rings. The van der Waals surface area contributed by atoms with Gasteiger partial charge >= 0.3 is 0 Å². The Morgan fingerprint density at radius 3 is 2.78 bits per heavy atom. The highest BCUT2D eigenvalue weighted by molar-refractivity contribution is 9.10. The maximum Gasteiger partial charge on any atom is 0.240 e. The molecule has 0 saturated carbocycles. The molecule has 1 amide bonds. The molecule has 0 bridgehead atoms. The van der Waals surface area contributed by atoms with Gasteiger partial charge in [-0.2, -0.15) is 0 Å². The molecule has 0 aliphatic carbocycles. The summed E-state index contributed by atoms with van der Waals surface area (Å²) in [5, 5.41) is 10.9. The van der Waals surface area contributed by atoms with Crippen LogP contribution in [0.25, 0.3) is 0 Å². The Bertz CT molecular complexity index is 997. The fraction of sp³-hybridized carbons (Fsp3) is 0.167. The lowest BCUT2D eigenvalue weighted by atomic mass is 10.0. The fourth-order valence-corrected chi connectivity index (χ4v) is 4.32. The number of amides is 1. The van der Waals surface area contributed by atoms with E-state index in [1.807, 2.05) is 37.3 Å². The summed E-state index contributed by atoms with van der Waals surface area (Å²) in [6, 6.07) is 13.9.